The number of fused-ring (bicyclic) bond motifs is 2. The van der Waals surface area contributed by atoms with Crippen LogP contribution in [0.2, 0.25) is 0 Å². The van der Waals surface area contributed by atoms with Crippen LogP contribution in [0.5, 0.6) is 0 Å². The Bertz CT molecular complexity index is 901. The van der Waals surface area contributed by atoms with Gasteiger partial charge in [-0.1, -0.05) is 53.2 Å². The van der Waals surface area contributed by atoms with E-state index in [-0.39, 0.29) is 18.1 Å². The quantitative estimate of drug-likeness (QED) is 0.833. The minimum atomic E-state index is -0.914. The van der Waals surface area contributed by atoms with Gasteiger partial charge in [0.2, 0.25) is 5.91 Å². The Balaban J connectivity index is 2.05. The Morgan fingerprint density at radius 1 is 1.12 bits per heavy atom. The average Bonchev–Trinajstić information content (AvgIpc) is 3.03. The standard InChI is InChI=1S/C20H16BrNO2/c1-2-14-17(23)11-20(18(14)12-6-4-3-5-7-12)15-10-13(21)8-9-16(15)22-19(20)24/h3-10H,2,11H2,1H3,(H,22,24). The molecule has 0 fully saturated rings. The molecular weight excluding hydrogens is 366 g/mol. The molecule has 4 rings (SSSR count). The van der Waals surface area contributed by atoms with Crippen molar-refractivity contribution in [2.45, 2.75) is 25.2 Å². The zero-order valence-corrected chi connectivity index (χ0v) is 14.8. The summed E-state index contributed by atoms with van der Waals surface area (Å²) in [4.78, 5) is 25.8. The van der Waals surface area contributed by atoms with Gasteiger partial charge in [0.25, 0.3) is 0 Å². The number of Topliss-reactive ketones (excluding diaryl/α,β-unsaturated/α-hetero) is 1. The minimum Gasteiger partial charge on any atom is -0.325 e. The number of hydrogen-bond donors (Lipinski definition) is 1. The number of halogens is 1. The Labute approximate surface area is 148 Å². The molecule has 1 N–H and O–H groups in total. The maximum atomic E-state index is 13.0. The van der Waals surface area contributed by atoms with Crippen LogP contribution < -0.4 is 5.32 Å². The third kappa shape index (κ3) is 1.96. The fourth-order valence-electron chi connectivity index (χ4n) is 3.99. The normalized spacial score (nSPS) is 22.2. The van der Waals surface area contributed by atoms with Gasteiger partial charge in [-0.05, 0) is 41.3 Å². The Morgan fingerprint density at radius 2 is 1.88 bits per heavy atom. The Morgan fingerprint density at radius 3 is 2.58 bits per heavy atom. The van der Waals surface area contributed by atoms with E-state index in [9.17, 15) is 9.59 Å². The van der Waals surface area contributed by atoms with Crippen LogP contribution in [0.4, 0.5) is 5.69 Å². The molecule has 24 heavy (non-hydrogen) atoms. The average molecular weight is 382 g/mol. The van der Waals surface area contributed by atoms with Crippen molar-refractivity contribution in [2.24, 2.45) is 0 Å². The smallest absolute Gasteiger partial charge is 0.240 e. The van der Waals surface area contributed by atoms with Gasteiger partial charge in [0.15, 0.2) is 5.78 Å². The first-order valence-electron chi connectivity index (χ1n) is 8.01. The van der Waals surface area contributed by atoms with Crippen LogP contribution in [-0.4, -0.2) is 11.7 Å². The molecule has 1 atom stereocenters. The lowest BCUT2D eigenvalue weighted by atomic mass is 9.73. The largest absolute Gasteiger partial charge is 0.325 e. The van der Waals surface area contributed by atoms with Crippen molar-refractivity contribution in [1.82, 2.24) is 0 Å². The summed E-state index contributed by atoms with van der Waals surface area (Å²) in [5.41, 5.74) is 3.35. The molecule has 0 aromatic heterocycles. The summed E-state index contributed by atoms with van der Waals surface area (Å²) in [6.45, 7) is 1.98. The second-order valence-corrected chi connectivity index (χ2v) is 7.14. The number of amides is 1. The molecule has 1 spiro atoms. The van der Waals surface area contributed by atoms with Crippen LogP contribution in [0.1, 0.15) is 30.9 Å². The zero-order valence-electron chi connectivity index (χ0n) is 13.2. The van der Waals surface area contributed by atoms with Gasteiger partial charge in [-0.2, -0.15) is 0 Å². The number of carbonyl (C=O) groups is 2. The minimum absolute atomic E-state index is 0.0688. The molecule has 2 aromatic carbocycles. The van der Waals surface area contributed by atoms with E-state index in [0.29, 0.717) is 6.42 Å². The van der Waals surface area contributed by atoms with Gasteiger partial charge in [-0.25, -0.2) is 0 Å². The van der Waals surface area contributed by atoms with Crippen molar-refractivity contribution in [2.75, 3.05) is 5.32 Å². The van der Waals surface area contributed by atoms with E-state index in [0.717, 1.165) is 32.4 Å². The lowest BCUT2D eigenvalue weighted by Crippen LogP contribution is -2.34. The SMILES string of the molecule is CCC1=C(c2ccccc2)C2(CC1=O)C(=O)Nc1ccc(Br)cc12. The number of hydrogen-bond acceptors (Lipinski definition) is 2. The fraction of sp³-hybridized carbons (Fsp3) is 0.200. The van der Waals surface area contributed by atoms with Crippen molar-refractivity contribution in [3.63, 3.8) is 0 Å². The van der Waals surface area contributed by atoms with E-state index in [2.05, 4.69) is 21.2 Å². The monoisotopic (exact) mass is 381 g/mol. The first kappa shape index (κ1) is 15.3. The van der Waals surface area contributed by atoms with Crippen molar-refractivity contribution in [3.05, 3.63) is 69.7 Å². The number of carbonyl (C=O) groups excluding carboxylic acids is 2. The lowest BCUT2D eigenvalue weighted by Gasteiger charge is -2.26. The van der Waals surface area contributed by atoms with Crippen LogP contribution in [0.15, 0.2) is 58.6 Å². The van der Waals surface area contributed by atoms with Crippen molar-refractivity contribution in [1.29, 1.82) is 0 Å². The molecule has 4 heteroatoms. The molecule has 1 unspecified atom stereocenters. The van der Waals surface area contributed by atoms with Gasteiger partial charge < -0.3 is 5.32 Å². The summed E-state index contributed by atoms with van der Waals surface area (Å²) < 4.78 is 0.905. The molecule has 2 aromatic rings. The van der Waals surface area contributed by atoms with Crippen molar-refractivity contribution in [3.8, 4) is 0 Å². The van der Waals surface area contributed by atoms with Crippen LogP contribution in [0.3, 0.4) is 0 Å². The summed E-state index contributed by atoms with van der Waals surface area (Å²) in [7, 11) is 0. The Hall–Kier alpha value is -2.20. The molecule has 0 bridgehead atoms. The Kier molecular flexibility index (Phi) is 3.46. The summed E-state index contributed by atoms with van der Waals surface area (Å²) in [6.07, 6.45) is 0.830. The van der Waals surface area contributed by atoms with Crippen LogP contribution in [0.25, 0.3) is 5.57 Å². The van der Waals surface area contributed by atoms with Crippen LogP contribution in [-0.2, 0) is 15.0 Å². The molecule has 2 aliphatic rings. The van der Waals surface area contributed by atoms with Gasteiger partial charge >= 0.3 is 0 Å². The van der Waals surface area contributed by atoms with Gasteiger partial charge in [0.1, 0.15) is 5.41 Å². The molecule has 0 radical (unpaired) electrons. The topological polar surface area (TPSA) is 46.2 Å². The zero-order chi connectivity index (χ0) is 16.9. The molecule has 120 valence electrons. The number of ketones is 1. The van der Waals surface area contributed by atoms with Gasteiger partial charge in [-0.15, -0.1) is 0 Å². The maximum Gasteiger partial charge on any atom is 0.240 e. The summed E-state index contributed by atoms with van der Waals surface area (Å²) in [5.74, 6) is -0.0365. The molecular formula is C20H16BrNO2. The fourth-order valence-corrected chi connectivity index (χ4v) is 4.35. The van der Waals surface area contributed by atoms with Gasteiger partial charge in [0, 0.05) is 22.2 Å². The molecule has 1 aliphatic carbocycles. The molecule has 3 nitrogen and oxygen atoms in total. The maximum absolute atomic E-state index is 13.0. The summed E-state index contributed by atoms with van der Waals surface area (Å²) in [6, 6.07) is 15.6. The summed E-state index contributed by atoms with van der Waals surface area (Å²) >= 11 is 3.50. The van der Waals surface area contributed by atoms with E-state index in [1.807, 2.05) is 55.5 Å². The predicted octanol–water partition coefficient (Wildman–Crippen LogP) is 4.48. The van der Waals surface area contributed by atoms with Crippen LogP contribution in [0, 0.1) is 0 Å². The molecule has 0 saturated carbocycles. The number of allylic oxidation sites excluding steroid dienone is 1. The highest BCUT2D eigenvalue weighted by Gasteiger charge is 2.56. The molecule has 1 heterocycles. The molecule has 1 aliphatic heterocycles. The van der Waals surface area contributed by atoms with Gasteiger partial charge in [-0.3, -0.25) is 9.59 Å². The van der Waals surface area contributed by atoms with E-state index in [1.165, 1.54) is 0 Å². The third-order valence-corrected chi connectivity index (χ3v) is 5.48. The second-order valence-electron chi connectivity index (χ2n) is 6.22. The first-order chi connectivity index (χ1) is 11.6. The highest BCUT2D eigenvalue weighted by Crippen LogP contribution is 2.55. The summed E-state index contributed by atoms with van der Waals surface area (Å²) in [5, 5.41) is 2.98. The highest BCUT2D eigenvalue weighted by atomic mass is 79.9. The van der Waals surface area contributed by atoms with Crippen molar-refractivity contribution >= 4 is 38.9 Å². The van der Waals surface area contributed by atoms with E-state index in [4.69, 9.17) is 0 Å². The van der Waals surface area contributed by atoms with E-state index < -0.39 is 5.41 Å². The lowest BCUT2D eigenvalue weighted by molar-refractivity contribution is -0.122. The number of benzene rings is 2. The number of anilines is 1. The molecule has 0 saturated heterocycles. The molecule has 1 amide bonds. The van der Waals surface area contributed by atoms with Crippen molar-refractivity contribution < 1.29 is 9.59 Å². The third-order valence-electron chi connectivity index (χ3n) is 4.98. The second kappa shape index (κ2) is 5.42. The van der Waals surface area contributed by atoms with E-state index in [1.54, 1.807) is 0 Å². The number of nitrogens with one attached hydrogen (secondary N) is 1. The highest BCUT2D eigenvalue weighted by molar-refractivity contribution is 9.10. The first-order valence-corrected chi connectivity index (χ1v) is 8.81. The van der Waals surface area contributed by atoms with Crippen LogP contribution >= 0.6 is 15.9 Å². The van der Waals surface area contributed by atoms with Gasteiger partial charge in [0.05, 0.1) is 0 Å². The predicted molar refractivity (Wildman–Crippen MR) is 97.7 cm³/mol. The van der Waals surface area contributed by atoms with E-state index >= 15 is 0 Å². The number of rotatable bonds is 2.